The molecule has 0 amide bonds. The fraction of sp³-hybridized carbons (Fsp3) is 0.667. The van der Waals surface area contributed by atoms with Crippen LogP contribution in [0, 0.1) is 0 Å². The Bertz CT molecular complexity index is 52.5. The molecule has 8 heavy (non-hydrogen) atoms. The normalized spacial score (nSPS) is 10.2. The molecule has 0 bridgehead atoms. The Labute approximate surface area is 60.6 Å². The molecule has 1 unspecified atom stereocenters. The minimum absolute atomic E-state index is 0. The molecule has 0 saturated carbocycles. The van der Waals surface area contributed by atoms with E-state index in [0.717, 1.165) is 0 Å². The molecule has 0 aliphatic heterocycles. The van der Waals surface area contributed by atoms with E-state index in [0.29, 0.717) is 6.29 Å². The fourth-order valence-corrected chi connectivity index (χ4v) is 0.0556. The van der Waals surface area contributed by atoms with Crippen molar-refractivity contribution in [2.24, 2.45) is 11.5 Å². The Morgan fingerprint density at radius 3 is 1.88 bits per heavy atom. The molecule has 0 aliphatic carbocycles. The van der Waals surface area contributed by atoms with E-state index in [1.807, 2.05) is 0 Å². The highest BCUT2D eigenvalue weighted by molar-refractivity contribution is 5.85. The third-order valence-corrected chi connectivity index (χ3v) is 0.447. The van der Waals surface area contributed by atoms with Crippen molar-refractivity contribution in [1.29, 1.82) is 0 Å². The Balaban J connectivity index is -0.000000125. The molecule has 1 atom stereocenters. The average Bonchev–Trinajstić information content (AvgIpc) is 1.65. The highest BCUT2D eigenvalue weighted by Crippen LogP contribution is 1.56. The first kappa shape index (κ1) is 15.7. The van der Waals surface area contributed by atoms with Crippen LogP contribution < -0.4 is 11.5 Å². The van der Waals surface area contributed by atoms with Crippen molar-refractivity contribution in [2.45, 2.75) is 6.04 Å². The molecular formula is C3H10Cl2N2O. The summed E-state index contributed by atoms with van der Waals surface area (Å²) in [6.45, 7) is 0.240. The first-order valence-corrected chi connectivity index (χ1v) is 1.72. The van der Waals surface area contributed by atoms with Crippen molar-refractivity contribution < 1.29 is 4.79 Å². The fourth-order valence-electron chi connectivity index (χ4n) is 0.0556. The van der Waals surface area contributed by atoms with Gasteiger partial charge in [0.15, 0.2) is 0 Å². The maximum Gasteiger partial charge on any atom is 0.137 e. The van der Waals surface area contributed by atoms with Crippen molar-refractivity contribution in [3.63, 3.8) is 0 Å². The van der Waals surface area contributed by atoms with Crippen LogP contribution in [0.15, 0.2) is 0 Å². The number of carbonyl (C=O) groups excluding carboxylic acids is 1. The van der Waals surface area contributed by atoms with Gasteiger partial charge < -0.3 is 16.3 Å². The number of rotatable bonds is 2. The second-order valence-corrected chi connectivity index (χ2v) is 1.04. The Hall–Kier alpha value is 0.170. The molecule has 0 aromatic carbocycles. The summed E-state index contributed by atoms with van der Waals surface area (Å²) in [5.41, 5.74) is 9.91. The summed E-state index contributed by atoms with van der Waals surface area (Å²) in [5.74, 6) is 0. The van der Waals surface area contributed by atoms with Gasteiger partial charge in [-0.2, -0.15) is 0 Å². The average molecular weight is 161 g/mol. The number of hydrogen-bond acceptors (Lipinski definition) is 3. The molecular weight excluding hydrogens is 151 g/mol. The summed E-state index contributed by atoms with van der Waals surface area (Å²) in [4.78, 5) is 9.53. The van der Waals surface area contributed by atoms with Gasteiger partial charge in [0.05, 0.1) is 6.04 Å². The monoisotopic (exact) mass is 160 g/mol. The zero-order valence-electron chi connectivity index (χ0n) is 4.24. The molecule has 52 valence electrons. The minimum atomic E-state index is -0.468. The Kier molecular flexibility index (Phi) is 20.1. The van der Waals surface area contributed by atoms with Crippen molar-refractivity contribution in [2.75, 3.05) is 6.54 Å². The molecule has 0 spiro atoms. The van der Waals surface area contributed by atoms with E-state index in [-0.39, 0.29) is 31.4 Å². The summed E-state index contributed by atoms with van der Waals surface area (Å²) in [7, 11) is 0. The molecule has 0 saturated heterocycles. The molecule has 0 fully saturated rings. The topological polar surface area (TPSA) is 69.1 Å². The van der Waals surface area contributed by atoms with Gasteiger partial charge in [0.2, 0.25) is 0 Å². The molecule has 0 aromatic heterocycles. The van der Waals surface area contributed by atoms with E-state index in [2.05, 4.69) is 0 Å². The van der Waals surface area contributed by atoms with Crippen LogP contribution >= 0.6 is 24.8 Å². The van der Waals surface area contributed by atoms with Gasteiger partial charge in [-0.3, -0.25) is 0 Å². The lowest BCUT2D eigenvalue weighted by molar-refractivity contribution is -0.108. The van der Waals surface area contributed by atoms with Crippen molar-refractivity contribution in [3.8, 4) is 0 Å². The van der Waals surface area contributed by atoms with E-state index in [1.54, 1.807) is 0 Å². The van der Waals surface area contributed by atoms with E-state index < -0.39 is 6.04 Å². The number of halogens is 2. The van der Waals surface area contributed by atoms with Gasteiger partial charge in [-0.05, 0) is 0 Å². The molecule has 0 rings (SSSR count). The zero-order valence-corrected chi connectivity index (χ0v) is 5.87. The third-order valence-electron chi connectivity index (χ3n) is 0.447. The van der Waals surface area contributed by atoms with E-state index in [9.17, 15) is 4.79 Å². The predicted molar refractivity (Wildman–Crippen MR) is 37.6 cm³/mol. The molecule has 3 nitrogen and oxygen atoms in total. The van der Waals surface area contributed by atoms with Gasteiger partial charge in [-0.25, -0.2) is 0 Å². The van der Waals surface area contributed by atoms with E-state index in [4.69, 9.17) is 11.5 Å². The Morgan fingerprint density at radius 2 is 1.88 bits per heavy atom. The highest BCUT2D eigenvalue weighted by atomic mass is 35.5. The zero-order chi connectivity index (χ0) is 4.99. The van der Waals surface area contributed by atoms with Crippen molar-refractivity contribution in [3.05, 3.63) is 0 Å². The van der Waals surface area contributed by atoms with Crippen LogP contribution in [-0.4, -0.2) is 18.9 Å². The third kappa shape index (κ3) is 9.48. The summed E-state index contributed by atoms with van der Waals surface area (Å²) in [6.07, 6.45) is 0.625. The smallest absolute Gasteiger partial charge is 0.137 e. The lowest BCUT2D eigenvalue weighted by Gasteiger charge is -1.91. The lowest BCUT2D eigenvalue weighted by atomic mass is 10.4. The Morgan fingerprint density at radius 1 is 1.50 bits per heavy atom. The lowest BCUT2D eigenvalue weighted by Crippen LogP contribution is -2.30. The van der Waals surface area contributed by atoms with Crippen molar-refractivity contribution in [1.82, 2.24) is 0 Å². The summed E-state index contributed by atoms with van der Waals surface area (Å²) in [5, 5.41) is 0. The van der Waals surface area contributed by atoms with Gasteiger partial charge in [0.1, 0.15) is 6.29 Å². The molecule has 0 aliphatic rings. The summed E-state index contributed by atoms with van der Waals surface area (Å²) < 4.78 is 0. The molecule has 0 heterocycles. The second kappa shape index (κ2) is 10.2. The maximum atomic E-state index is 9.53. The number of nitrogens with two attached hydrogens (primary N) is 2. The van der Waals surface area contributed by atoms with E-state index >= 15 is 0 Å². The van der Waals surface area contributed by atoms with Crippen LogP contribution in [0.25, 0.3) is 0 Å². The van der Waals surface area contributed by atoms with Crippen LogP contribution in [-0.2, 0) is 4.79 Å². The van der Waals surface area contributed by atoms with Crippen LogP contribution in [0.4, 0.5) is 0 Å². The largest absolute Gasteiger partial charge is 0.329 e. The molecule has 4 N–H and O–H groups in total. The second-order valence-electron chi connectivity index (χ2n) is 1.04. The van der Waals surface area contributed by atoms with Crippen LogP contribution in [0.2, 0.25) is 0 Å². The quantitative estimate of drug-likeness (QED) is 0.527. The SMILES string of the molecule is Cl.Cl.NCC(N)C=O. The standard InChI is InChI=1S/C3H8N2O.2ClH/c4-1-3(5)2-6;;/h2-3H,1,4-5H2;2*1H. The maximum absolute atomic E-state index is 9.53. The van der Waals surface area contributed by atoms with Crippen LogP contribution in [0.5, 0.6) is 0 Å². The highest BCUT2D eigenvalue weighted by Gasteiger charge is 1.89. The minimum Gasteiger partial charge on any atom is -0.329 e. The van der Waals surface area contributed by atoms with Gasteiger partial charge in [-0.15, -0.1) is 24.8 Å². The van der Waals surface area contributed by atoms with Crippen LogP contribution in [0.3, 0.4) is 0 Å². The van der Waals surface area contributed by atoms with Crippen LogP contribution in [0.1, 0.15) is 0 Å². The number of hydrogen-bond donors (Lipinski definition) is 2. The van der Waals surface area contributed by atoms with Gasteiger partial charge in [-0.1, -0.05) is 0 Å². The summed E-state index contributed by atoms with van der Waals surface area (Å²) >= 11 is 0. The first-order valence-electron chi connectivity index (χ1n) is 1.72. The summed E-state index contributed by atoms with van der Waals surface area (Å²) in [6, 6.07) is -0.468. The molecule has 0 radical (unpaired) electrons. The predicted octanol–water partition coefficient (Wildman–Crippen LogP) is -0.685. The van der Waals surface area contributed by atoms with E-state index in [1.165, 1.54) is 0 Å². The number of aldehydes is 1. The van der Waals surface area contributed by atoms with Gasteiger partial charge >= 0.3 is 0 Å². The first-order chi connectivity index (χ1) is 2.81. The molecule has 5 heteroatoms. The van der Waals surface area contributed by atoms with Gasteiger partial charge in [0.25, 0.3) is 0 Å². The number of carbonyl (C=O) groups is 1. The van der Waals surface area contributed by atoms with Gasteiger partial charge in [0, 0.05) is 6.54 Å². The molecule has 0 aromatic rings. The van der Waals surface area contributed by atoms with Crippen molar-refractivity contribution >= 4 is 31.1 Å².